The predicted molar refractivity (Wildman–Crippen MR) is 80.4 cm³/mol. The van der Waals surface area contributed by atoms with Crippen LogP contribution in [-0.2, 0) is 20.0 Å². The first-order chi connectivity index (χ1) is 9.60. The number of nitrogens with zero attached hydrogens (tertiary/aromatic N) is 2. The smallest absolute Gasteiger partial charge is 0.0914 e. The molecule has 4 heteroatoms. The molecule has 1 aromatic carbocycles. The Hall–Kier alpha value is -1.65. The second kappa shape index (κ2) is 6.68. The van der Waals surface area contributed by atoms with Crippen LogP contribution in [0.25, 0.3) is 0 Å². The van der Waals surface area contributed by atoms with E-state index >= 15 is 0 Å². The molecule has 0 aliphatic carbocycles. The standard InChI is InChI=1S/C16H23N3O/c1-4-15-14(11-19(3)18-15)9-17-10-16(20)13-7-5-6-12(2)8-13/h5-8,11,16-17,20H,4,9-10H2,1-3H3. The Bertz CT molecular complexity index is 563. The number of hydrogen-bond donors (Lipinski definition) is 2. The van der Waals surface area contributed by atoms with Gasteiger partial charge in [-0.3, -0.25) is 4.68 Å². The normalized spacial score (nSPS) is 12.6. The highest BCUT2D eigenvalue weighted by Gasteiger charge is 2.09. The minimum Gasteiger partial charge on any atom is -0.387 e. The number of aromatic nitrogens is 2. The van der Waals surface area contributed by atoms with E-state index in [9.17, 15) is 5.11 Å². The minimum atomic E-state index is -0.475. The zero-order valence-corrected chi connectivity index (χ0v) is 12.4. The van der Waals surface area contributed by atoms with Crippen molar-refractivity contribution in [2.24, 2.45) is 7.05 Å². The molecule has 108 valence electrons. The van der Waals surface area contributed by atoms with Crippen molar-refractivity contribution in [1.82, 2.24) is 15.1 Å². The maximum Gasteiger partial charge on any atom is 0.0914 e. The lowest BCUT2D eigenvalue weighted by Crippen LogP contribution is -2.21. The summed E-state index contributed by atoms with van der Waals surface area (Å²) < 4.78 is 1.84. The summed E-state index contributed by atoms with van der Waals surface area (Å²) in [6, 6.07) is 7.99. The fraction of sp³-hybridized carbons (Fsp3) is 0.438. The van der Waals surface area contributed by atoms with E-state index in [1.54, 1.807) is 0 Å². The summed E-state index contributed by atoms with van der Waals surface area (Å²) in [5.41, 5.74) is 4.44. The van der Waals surface area contributed by atoms with Crippen molar-refractivity contribution in [3.63, 3.8) is 0 Å². The topological polar surface area (TPSA) is 50.1 Å². The first kappa shape index (κ1) is 14.8. The molecule has 1 atom stereocenters. The second-order valence-corrected chi connectivity index (χ2v) is 5.19. The highest BCUT2D eigenvalue weighted by molar-refractivity contribution is 5.24. The number of rotatable bonds is 6. The summed E-state index contributed by atoms with van der Waals surface area (Å²) in [7, 11) is 1.93. The molecule has 0 amide bonds. The molecular weight excluding hydrogens is 250 g/mol. The fourth-order valence-corrected chi connectivity index (χ4v) is 2.37. The summed E-state index contributed by atoms with van der Waals surface area (Å²) in [6.45, 7) is 5.42. The third-order valence-corrected chi connectivity index (χ3v) is 3.41. The number of aliphatic hydroxyl groups is 1. The average molecular weight is 273 g/mol. The van der Waals surface area contributed by atoms with Crippen LogP contribution in [0.2, 0.25) is 0 Å². The number of benzene rings is 1. The maximum absolute atomic E-state index is 10.2. The van der Waals surface area contributed by atoms with Crippen molar-refractivity contribution in [3.05, 3.63) is 52.8 Å². The summed E-state index contributed by atoms with van der Waals surface area (Å²) in [6.07, 6.45) is 2.49. The van der Waals surface area contributed by atoms with Gasteiger partial charge in [-0.05, 0) is 18.9 Å². The molecule has 0 bridgehead atoms. The van der Waals surface area contributed by atoms with Gasteiger partial charge in [0.1, 0.15) is 0 Å². The molecule has 0 fully saturated rings. The SMILES string of the molecule is CCc1nn(C)cc1CNCC(O)c1cccc(C)c1. The van der Waals surface area contributed by atoms with Crippen LogP contribution in [0.15, 0.2) is 30.5 Å². The van der Waals surface area contributed by atoms with Gasteiger partial charge in [0.15, 0.2) is 0 Å². The summed E-state index contributed by atoms with van der Waals surface area (Å²) >= 11 is 0. The van der Waals surface area contributed by atoms with Crippen LogP contribution < -0.4 is 5.32 Å². The molecular formula is C16H23N3O. The lowest BCUT2D eigenvalue weighted by molar-refractivity contribution is 0.174. The molecule has 0 saturated heterocycles. The lowest BCUT2D eigenvalue weighted by atomic mass is 10.1. The molecule has 0 saturated carbocycles. The van der Waals surface area contributed by atoms with Crippen LogP contribution in [-0.4, -0.2) is 21.4 Å². The Morgan fingerprint density at radius 3 is 2.90 bits per heavy atom. The Balaban J connectivity index is 1.89. The molecule has 20 heavy (non-hydrogen) atoms. The Labute approximate surface area is 120 Å². The van der Waals surface area contributed by atoms with Gasteiger partial charge in [0.25, 0.3) is 0 Å². The zero-order chi connectivity index (χ0) is 14.5. The van der Waals surface area contributed by atoms with Gasteiger partial charge in [-0.25, -0.2) is 0 Å². The quantitative estimate of drug-likeness (QED) is 0.847. The van der Waals surface area contributed by atoms with Gasteiger partial charge in [0, 0.05) is 31.9 Å². The predicted octanol–water partition coefficient (Wildman–Crippen LogP) is 2.11. The molecule has 2 N–H and O–H groups in total. The average Bonchev–Trinajstić information content (AvgIpc) is 2.79. The van der Waals surface area contributed by atoms with E-state index in [1.165, 1.54) is 11.1 Å². The zero-order valence-electron chi connectivity index (χ0n) is 12.4. The number of aryl methyl sites for hydroxylation is 3. The Kier molecular flexibility index (Phi) is 4.93. The van der Waals surface area contributed by atoms with Crippen LogP contribution >= 0.6 is 0 Å². The van der Waals surface area contributed by atoms with Crippen LogP contribution in [0.3, 0.4) is 0 Å². The molecule has 1 aromatic heterocycles. The van der Waals surface area contributed by atoms with Gasteiger partial charge in [-0.1, -0.05) is 36.8 Å². The fourth-order valence-electron chi connectivity index (χ4n) is 2.37. The van der Waals surface area contributed by atoms with Crippen molar-refractivity contribution in [1.29, 1.82) is 0 Å². The molecule has 4 nitrogen and oxygen atoms in total. The van der Waals surface area contributed by atoms with Gasteiger partial charge >= 0.3 is 0 Å². The lowest BCUT2D eigenvalue weighted by Gasteiger charge is -2.12. The summed E-state index contributed by atoms with van der Waals surface area (Å²) in [5, 5.41) is 17.9. The van der Waals surface area contributed by atoms with Crippen LogP contribution in [0.4, 0.5) is 0 Å². The van der Waals surface area contributed by atoms with Crippen molar-refractivity contribution < 1.29 is 5.11 Å². The summed E-state index contributed by atoms with van der Waals surface area (Å²) in [5.74, 6) is 0. The third kappa shape index (κ3) is 3.68. The second-order valence-electron chi connectivity index (χ2n) is 5.19. The largest absolute Gasteiger partial charge is 0.387 e. The first-order valence-electron chi connectivity index (χ1n) is 7.07. The molecule has 0 aliphatic rings. The van der Waals surface area contributed by atoms with Crippen molar-refractivity contribution in [2.75, 3.05) is 6.54 Å². The van der Waals surface area contributed by atoms with Crippen LogP contribution in [0.5, 0.6) is 0 Å². The van der Waals surface area contributed by atoms with E-state index in [0.29, 0.717) is 6.54 Å². The van der Waals surface area contributed by atoms with Gasteiger partial charge in [0.05, 0.1) is 11.8 Å². The molecule has 0 radical (unpaired) electrons. The molecule has 1 unspecified atom stereocenters. The Morgan fingerprint density at radius 1 is 1.40 bits per heavy atom. The van der Waals surface area contributed by atoms with Crippen LogP contribution in [0, 0.1) is 6.92 Å². The third-order valence-electron chi connectivity index (χ3n) is 3.41. The van der Waals surface area contributed by atoms with E-state index in [2.05, 4.69) is 17.3 Å². The molecule has 2 rings (SSSR count). The van der Waals surface area contributed by atoms with Crippen molar-refractivity contribution in [2.45, 2.75) is 32.9 Å². The van der Waals surface area contributed by atoms with E-state index in [1.807, 2.05) is 49.1 Å². The number of nitrogens with one attached hydrogen (secondary N) is 1. The number of hydrogen-bond acceptors (Lipinski definition) is 3. The van der Waals surface area contributed by atoms with Crippen LogP contribution in [0.1, 0.15) is 35.4 Å². The maximum atomic E-state index is 10.2. The minimum absolute atomic E-state index is 0.475. The first-order valence-corrected chi connectivity index (χ1v) is 7.07. The molecule has 0 spiro atoms. The van der Waals surface area contributed by atoms with Gasteiger partial charge < -0.3 is 10.4 Å². The Morgan fingerprint density at radius 2 is 2.20 bits per heavy atom. The molecule has 2 aromatic rings. The van der Waals surface area contributed by atoms with E-state index in [4.69, 9.17) is 0 Å². The highest BCUT2D eigenvalue weighted by atomic mass is 16.3. The van der Waals surface area contributed by atoms with Crippen molar-refractivity contribution >= 4 is 0 Å². The van der Waals surface area contributed by atoms with Gasteiger partial charge in [0.2, 0.25) is 0 Å². The van der Waals surface area contributed by atoms with E-state index in [0.717, 1.165) is 24.2 Å². The summed E-state index contributed by atoms with van der Waals surface area (Å²) in [4.78, 5) is 0. The van der Waals surface area contributed by atoms with E-state index < -0.39 is 6.10 Å². The van der Waals surface area contributed by atoms with Crippen molar-refractivity contribution in [3.8, 4) is 0 Å². The molecule has 0 aliphatic heterocycles. The van der Waals surface area contributed by atoms with Gasteiger partial charge in [-0.2, -0.15) is 5.10 Å². The van der Waals surface area contributed by atoms with Gasteiger partial charge in [-0.15, -0.1) is 0 Å². The monoisotopic (exact) mass is 273 g/mol. The van der Waals surface area contributed by atoms with E-state index in [-0.39, 0.29) is 0 Å². The molecule has 1 heterocycles. The highest BCUT2D eigenvalue weighted by Crippen LogP contribution is 2.14. The number of aliphatic hydroxyl groups excluding tert-OH is 1.